The molecule has 0 spiro atoms. The first-order chi connectivity index (χ1) is 8.52. The average Bonchev–Trinajstić information content (AvgIpc) is 2.34. The van der Waals surface area contributed by atoms with E-state index in [1.165, 1.54) is 12.1 Å². The fraction of sp³-hybridized carbons (Fsp3) is 0.545. The minimum absolute atomic E-state index is 0.0610. The van der Waals surface area contributed by atoms with Crippen LogP contribution in [0.3, 0.4) is 0 Å². The van der Waals surface area contributed by atoms with E-state index in [1.54, 1.807) is 7.05 Å². The Morgan fingerprint density at radius 1 is 1.44 bits per heavy atom. The van der Waals surface area contributed by atoms with Crippen LogP contribution < -0.4 is 10.1 Å². The first-order valence-corrected chi connectivity index (χ1v) is 5.61. The number of anilines is 1. The summed E-state index contributed by atoms with van der Waals surface area (Å²) in [6.45, 7) is 4.56. The Balaban J connectivity index is 2.64. The van der Waals surface area contributed by atoms with Gasteiger partial charge in [0, 0.05) is 7.05 Å². The maximum absolute atomic E-state index is 10.7. The molecule has 0 amide bonds. The molecular formula is C11H17N3O4. The minimum Gasteiger partial charge on any atom is -0.475 e. The Morgan fingerprint density at radius 2 is 2.17 bits per heavy atom. The summed E-state index contributed by atoms with van der Waals surface area (Å²) in [4.78, 5) is 14.3. The summed E-state index contributed by atoms with van der Waals surface area (Å²) in [6.07, 6.45) is 0.125. The number of hydrogen-bond donors (Lipinski definition) is 1. The van der Waals surface area contributed by atoms with Crippen LogP contribution in [0.1, 0.15) is 13.8 Å². The van der Waals surface area contributed by atoms with E-state index in [-0.39, 0.29) is 17.7 Å². The zero-order valence-electron chi connectivity index (χ0n) is 10.7. The van der Waals surface area contributed by atoms with E-state index in [1.807, 2.05) is 13.8 Å². The molecule has 7 nitrogen and oxygen atoms in total. The molecular weight excluding hydrogens is 238 g/mol. The van der Waals surface area contributed by atoms with Crippen molar-refractivity contribution in [1.82, 2.24) is 4.98 Å². The van der Waals surface area contributed by atoms with Gasteiger partial charge in [0.25, 0.3) is 5.69 Å². The molecule has 1 heterocycles. The molecule has 0 saturated carbocycles. The fourth-order valence-corrected chi connectivity index (χ4v) is 1.23. The van der Waals surface area contributed by atoms with Crippen LogP contribution in [0.4, 0.5) is 11.5 Å². The monoisotopic (exact) mass is 255 g/mol. The molecule has 0 unspecified atom stereocenters. The maximum atomic E-state index is 10.7. The predicted molar refractivity (Wildman–Crippen MR) is 67.0 cm³/mol. The molecule has 1 rings (SSSR count). The van der Waals surface area contributed by atoms with Crippen LogP contribution in [0.5, 0.6) is 5.88 Å². The van der Waals surface area contributed by atoms with Gasteiger partial charge in [-0.2, -0.15) is 4.98 Å². The van der Waals surface area contributed by atoms with E-state index in [9.17, 15) is 10.1 Å². The summed E-state index contributed by atoms with van der Waals surface area (Å²) in [7, 11) is 1.64. The summed E-state index contributed by atoms with van der Waals surface area (Å²) < 4.78 is 10.6. The van der Waals surface area contributed by atoms with Gasteiger partial charge in [0.15, 0.2) is 0 Å². The average molecular weight is 255 g/mol. The van der Waals surface area contributed by atoms with E-state index >= 15 is 0 Å². The first-order valence-electron chi connectivity index (χ1n) is 5.61. The van der Waals surface area contributed by atoms with E-state index in [0.717, 1.165) is 0 Å². The van der Waals surface area contributed by atoms with Gasteiger partial charge in [-0.25, -0.2) is 0 Å². The summed E-state index contributed by atoms with van der Waals surface area (Å²) in [5.74, 6) is 0.602. The SMILES string of the molecule is CNc1cc([N+](=O)[O-])cc(OCCOC(C)C)n1. The molecule has 1 aromatic rings. The van der Waals surface area contributed by atoms with Gasteiger partial charge < -0.3 is 14.8 Å². The Hall–Kier alpha value is -1.89. The highest BCUT2D eigenvalue weighted by Gasteiger charge is 2.11. The van der Waals surface area contributed by atoms with Gasteiger partial charge in [-0.1, -0.05) is 0 Å². The fourth-order valence-electron chi connectivity index (χ4n) is 1.23. The second-order valence-electron chi connectivity index (χ2n) is 3.82. The zero-order valence-corrected chi connectivity index (χ0v) is 10.7. The first kappa shape index (κ1) is 14.2. The summed E-state index contributed by atoms with van der Waals surface area (Å²) in [5.41, 5.74) is -0.0610. The molecule has 0 aliphatic heterocycles. The maximum Gasteiger partial charge on any atom is 0.278 e. The van der Waals surface area contributed by atoms with Crippen LogP contribution in [0.2, 0.25) is 0 Å². The molecule has 7 heteroatoms. The van der Waals surface area contributed by atoms with Crippen molar-refractivity contribution in [1.29, 1.82) is 0 Å². The molecule has 0 aromatic carbocycles. The highest BCUT2D eigenvalue weighted by molar-refractivity contribution is 5.47. The van der Waals surface area contributed by atoms with Gasteiger partial charge in [0.1, 0.15) is 12.4 Å². The highest BCUT2D eigenvalue weighted by Crippen LogP contribution is 2.21. The van der Waals surface area contributed by atoms with Gasteiger partial charge in [-0.3, -0.25) is 10.1 Å². The number of nitrogens with one attached hydrogen (secondary N) is 1. The Kier molecular flexibility index (Phi) is 5.31. The lowest BCUT2D eigenvalue weighted by atomic mass is 10.4. The quantitative estimate of drug-likeness (QED) is 0.454. The number of ether oxygens (including phenoxy) is 2. The van der Waals surface area contributed by atoms with Gasteiger partial charge in [-0.15, -0.1) is 0 Å². The van der Waals surface area contributed by atoms with Gasteiger partial charge in [-0.05, 0) is 13.8 Å². The number of hydrogen-bond acceptors (Lipinski definition) is 6. The Morgan fingerprint density at radius 3 is 2.72 bits per heavy atom. The van der Waals surface area contributed by atoms with Crippen molar-refractivity contribution < 1.29 is 14.4 Å². The second-order valence-corrected chi connectivity index (χ2v) is 3.82. The Bertz CT molecular complexity index is 409. The lowest BCUT2D eigenvalue weighted by Gasteiger charge is -2.09. The van der Waals surface area contributed by atoms with Crippen molar-refractivity contribution in [2.45, 2.75) is 20.0 Å². The number of aromatic nitrogens is 1. The molecule has 0 fully saturated rings. The lowest BCUT2D eigenvalue weighted by molar-refractivity contribution is -0.384. The molecule has 0 aliphatic rings. The van der Waals surface area contributed by atoms with E-state index in [0.29, 0.717) is 19.0 Å². The molecule has 0 aliphatic carbocycles. The molecule has 1 aromatic heterocycles. The lowest BCUT2D eigenvalue weighted by Crippen LogP contribution is -2.12. The highest BCUT2D eigenvalue weighted by atomic mass is 16.6. The minimum atomic E-state index is -0.486. The number of rotatable bonds is 7. The summed E-state index contributed by atoms with van der Waals surface area (Å²) >= 11 is 0. The van der Waals surface area contributed by atoms with Gasteiger partial charge >= 0.3 is 0 Å². The summed E-state index contributed by atoms with van der Waals surface area (Å²) in [6, 6.07) is 2.63. The van der Waals surface area contributed by atoms with Crippen LogP contribution >= 0.6 is 0 Å². The normalized spacial score (nSPS) is 10.4. The summed E-state index contributed by atoms with van der Waals surface area (Å²) in [5, 5.41) is 13.5. The number of nitrogens with zero attached hydrogens (tertiary/aromatic N) is 2. The van der Waals surface area contributed by atoms with Gasteiger partial charge in [0.05, 0.1) is 29.8 Å². The molecule has 18 heavy (non-hydrogen) atoms. The largest absolute Gasteiger partial charge is 0.475 e. The number of pyridine rings is 1. The third-order valence-electron chi connectivity index (χ3n) is 2.04. The molecule has 100 valence electrons. The van der Waals surface area contributed by atoms with Crippen molar-refractivity contribution in [2.24, 2.45) is 0 Å². The molecule has 0 atom stereocenters. The topological polar surface area (TPSA) is 86.5 Å². The van der Waals surface area contributed by atoms with E-state index < -0.39 is 4.92 Å². The number of nitro groups is 1. The van der Waals surface area contributed by atoms with Crippen LogP contribution in [0.25, 0.3) is 0 Å². The van der Waals surface area contributed by atoms with Crippen molar-refractivity contribution >= 4 is 11.5 Å². The standard InChI is InChI=1S/C11H17N3O4/c1-8(2)17-4-5-18-11-7-9(14(15)16)6-10(12-3)13-11/h6-8H,4-5H2,1-3H3,(H,12,13). The van der Waals surface area contributed by atoms with Crippen molar-refractivity contribution in [2.75, 3.05) is 25.6 Å². The zero-order chi connectivity index (χ0) is 13.5. The molecule has 0 saturated heterocycles. The van der Waals surface area contributed by atoms with Crippen molar-refractivity contribution in [3.8, 4) is 5.88 Å². The smallest absolute Gasteiger partial charge is 0.278 e. The predicted octanol–water partition coefficient (Wildman–Crippen LogP) is 1.84. The van der Waals surface area contributed by atoms with Crippen molar-refractivity contribution in [3.05, 3.63) is 22.2 Å². The van der Waals surface area contributed by atoms with Crippen molar-refractivity contribution in [3.63, 3.8) is 0 Å². The Labute approximate surface area is 105 Å². The third kappa shape index (κ3) is 4.54. The van der Waals surface area contributed by atoms with Crippen LogP contribution in [-0.2, 0) is 4.74 Å². The molecule has 1 N–H and O–H groups in total. The van der Waals surface area contributed by atoms with E-state index in [2.05, 4.69) is 10.3 Å². The van der Waals surface area contributed by atoms with Gasteiger partial charge in [0.2, 0.25) is 5.88 Å². The van der Waals surface area contributed by atoms with E-state index in [4.69, 9.17) is 9.47 Å². The van der Waals surface area contributed by atoms with Crippen LogP contribution in [0.15, 0.2) is 12.1 Å². The molecule has 0 bridgehead atoms. The molecule has 0 radical (unpaired) electrons. The van der Waals surface area contributed by atoms with Crippen LogP contribution in [-0.4, -0.2) is 36.3 Å². The third-order valence-corrected chi connectivity index (χ3v) is 2.04. The second kappa shape index (κ2) is 6.75. The van der Waals surface area contributed by atoms with Crippen LogP contribution in [0, 0.1) is 10.1 Å².